The lowest BCUT2D eigenvalue weighted by atomic mass is 10.1. The number of carbonyl (C=O) groups excluding carboxylic acids is 1. The highest BCUT2D eigenvalue weighted by atomic mass is 16.5. The van der Waals surface area contributed by atoms with E-state index in [2.05, 4.69) is 4.98 Å². The van der Waals surface area contributed by atoms with Crippen molar-refractivity contribution in [2.45, 2.75) is 6.61 Å². The van der Waals surface area contributed by atoms with Crippen LogP contribution < -0.4 is 16.2 Å². The number of carbonyl (C=O) groups is 1. The molecule has 0 saturated heterocycles. The average Bonchev–Trinajstić information content (AvgIpc) is 2.37. The SMILES string of the molecule is NC(=O)c1ccc(N)cc1OCc1ccccn1. The lowest BCUT2D eigenvalue weighted by molar-refractivity contribution is 0.0996. The molecule has 18 heavy (non-hydrogen) atoms. The Labute approximate surface area is 104 Å². The minimum atomic E-state index is -0.550. The van der Waals surface area contributed by atoms with E-state index in [4.69, 9.17) is 16.2 Å². The van der Waals surface area contributed by atoms with Crippen LogP contribution in [0.4, 0.5) is 5.69 Å². The maximum atomic E-state index is 11.2. The molecule has 0 aliphatic rings. The van der Waals surface area contributed by atoms with Crippen LogP contribution in [0.2, 0.25) is 0 Å². The molecule has 0 saturated carbocycles. The molecule has 0 fully saturated rings. The number of nitrogens with two attached hydrogens (primary N) is 2. The summed E-state index contributed by atoms with van der Waals surface area (Å²) in [5.74, 6) is -0.181. The molecule has 1 aromatic carbocycles. The highest BCUT2D eigenvalue weighted by Gasteiger charge is 2.10. The molecule has 0 unspecified atom stereocenters. The van der Waals surface area contributed by atoms with Gasteiger partial charge in [0.1, 0.15) is 12.4 Å². The number of amides is 1. The van der Waals surface area contributed by atoms with E-state index in [0.717, 1.165) is 5.69 Å². The molecule has 0 radical (unpaired) electrons. The van der Waals surface area contributed by atoms with E-state index in [1.54, 1.807) is 24.4 Å². The number of hydrogen-bond donors (Lipinski definition) is 2. The van der Waals surface area contributed by atoms with Crippen LogP contribution in [0.1, 0.15) is 16.1 Å². The van der Waals surface area contributed by atoms with Crippen molar-refractivity contribution in [3.8, 4) is 5.75 Å². The number of nitrogens with zero attached hydrogens (tertiary/aromatic N) is 1. The number of hydrogen-bond acceptors (Lipinski definition) is 4. The fraction of sp³-hybridized carbons (Fsp3) is 0.0769. The maximum absolute atomic E-state index is 11.2. The summed E-state index contributed by atoms with van der Waals surface area (Å²) >= 11 is 0. The Kier molecular flexibility index (Phi) is 3.43. The quantitative estimate of drug-likeness (QED) is 0.793. The average molecular weight is 243 g/mol. The molecule has 0 aliphatic heterocycles. The topological polar surface area (TPSA) is 91.2 Å². The Morgan fingerprint density at radius 3 is 2.78 bits per heavy atom. The first-order valence-electron chi connectivity index (χ1n) is 5.39. The van der Waals surface area contributed by atoms with Crippen LogP contribution in [-0.4, -0.2) is 10.9 Å². The largest absolute Gasteiger partial charge is 0.486 e. The predicted molar refractivity (Wildman–Crippen MR) is 67.9 cm³/mol. The van der Waals surface area contributed by atoms with Crippen molar-refractivity contribution in [2.24, 2.45) is 5.73 Å². The highest BCUT2D eigenvalue weighted by molar-refractivity contribution is 5.96. The van der Waals surface area contributed by atoms with Crippen molar-refractivity contribution in [2.75, 3.05) is 5.73 Å². The van der Waals surface area contributed by atoms with Gasteiger partial charge >= 0.3 is 0 Å². The van der Waals surface area contributed by atoms with Crippen LogP contribution in [0, 0.1) is 0 Å². The van der Waals surface area contributed by atoms with Crippen LogP contribution >= 0.6 is 0 Å². The molecular formula is C13H13N3O2. The van der Waals surface area contributed by atoms with Crippen LogP contribution in [0.25, 0.3) is 0 Å². The second kappa shape index (κ2) is 5.18. The number of ether oxygens (including phenoxy) is 1. The van der Waals surface area contributed by atoms with E-state index in [0.29, 0.717) is 17.0 Å². The van der Waals surface area contributed by atoms with Crippen molar-refractivity contribution in [3.63, 3.8) is 0 Å². The lowest BCUT2D eigenvalue weighted by Gasteiger charge is -2.09. The molecule has 4 N–H and O–H groups in total. The smallest absolute Gasteiger partial charge is 0.252 e. The Hall–Kier alpha value is -2.56. The number of rotatable bonds is 4. The van der Waals surface area contributed by atoms with Crippen molar-refractivity contribution in [1.29, 1.82) is 0 Å². The third-order valence-corrected chi connectivity index (χ3v) is 2.37. The zero-order valence-corrected chi connectivity index (χ0v) is 9.67. The van der Waals surface area contributed by atoms with Gasteiger partial charge in [-0.1, -0.05) is 6.07 Å². The Bertz CT molecular complexity index is 555. The number of pyridine rings is 1. The maximum Gasteiger partial charge on any atom is 0.252 e. The van der Waals surface area contributed by atoms with Crippen molar-refractivity contribution in [3.05, 3.63) is 53.9 Å². The molecule has 5 heteroatoms. The second-order valence-electron chi connectivity index (χ2n) is 3.73. The normalized spacial score (nSPS) is 10.0. The van der Waals surface area contributed by atoms with E-state index >= 15 is 0 Å². The summed E-state index contributed by atoms with van der Waals surface area (Å²) in [5.41, 5.74) is 12.5. The molecule has 92 valence electrons. The molecule has 5 nitrogen and oxygen atoms in total. The van der Waals surface area contributed by atoms with Crippen molar-refractivity contribution < 1.29 is 9.53 Å². The monoisotopic (exact) mass is 243 g/mol. The minimum absolute atomic E-state index is 0.255. The first-order valence-corrected chi connectivity index (χ1v) is 5.39. The minimum Gasteiger partial charge on any atom is -0.486 e. The van der Waals surface area contributed by atoms with Gasteiger partial charge in [0.05, 0.1) is 11.3 Å². The van der Waals surface area contributed by atoms with Gasteiger partial charge in [0.15, 0.2) is 0 Å². The predicted octanol–water partition coefficient (Wildman–Crippen LogP) is 1.34. The molecule has 1 amide bonds. The van der Waals surface area contributed by atoms with E-state index in [1.807, 2.05) is 18.2 Å². The summed E-state index contributed by atoms with van der Waals surface area (Å²) in [6.07, 6.45) is 1.67. The van der Waals surface area contributed by atoms with Gasteiger partial charge in [-0.15, -0.1) is 0 Å². The van der Waals surface area contributed by atoms with Gasteiger partial charge in [-0.3, -0.25) is 9.78 Å². The van der Waals surface area contributed by atoms with Crippen molar-refractivity contribution >= 4 is 11.6 Å². The standard InChI is InChI=1S/C13H13N3O2/c14-9-4-5-11(13(15)17)12(7-9)18-8-10-3-1-2-6-16-10/h1-7H,8,14H2,(H2,15,17). The Morgan fingerprint density at radius 2 is 2.11 bits per heavy atom. The van der Waals surface area contributed by atoms with E-state index in [-0.39, 0.29) is 6.61 Å². The summed E-state index contributed by atoms with van der Waals surface area (Å²) in [7, 11) is 0. The van der Waals surface area contributed by atoms with E-state index in [1.165, 1.54) is 0 Å². The van der Waals surface area contributed by atoms with Gasteiger partial charge in [0.25, 0.3) is 5.91 Å². The number of anilines is 1. The highest BCUT2D eigenvalue weighted by Crippen LogP contribution is 2.22. The first-order chi connectivity index (χ1) is 8.66. The van der Waals surface area contributed by atoms with Gasteiger partial charge in [0.2, 0.25) is 0 Å². The lowest BCUT2D eigenvalue weighted by Crippen LogP contribution is -2.13. The van der Waals surface area contributed by atoms with Crippen LogP contribution in [0.5, 0.6) is 5.75 Å². The molecule has 2 aromatic rings. The fourth-order valence-electron chi connectivity index (χ4n) is 1.50. The summed E-state index contributed by atoms with van der Waals surface area (Å²) in [6.45, 7) is 0.255. The molecule has 0 spiro atoms. The zero-order chi connectivity index (χ0) is 13.0. The molecule has 0 aliphatic carbocycles. The molecule has 1 heterocycles. The summed E-state index contributed by atoms with van der Waals surface area (Å²) in [6, 6.07) is 10.2. The van der Waals surface area contributed by atoms with Gasteiger partial charge < -0.3 is 16.2 Å². The van der Waals surface area contributed by atoms with Gasteiger partial charge in [0, 0.05) is 18.0 Å². The molecular weight excluding hydrogens is 230 g/mol. The third kappa shape index (κ3) is 2.76. The number of aromatic nitrogens is 1. The summed E-state index contributed by atoms with van der Waals surface area (Å²) in [5, 5.41) is 0. The molecule has 0 bridgehead atoms. The number of benzene rings is 1. The van der Waals surface area contributed by atoms with Crippen molar-refractivity contribution in [1.82, 2.24) is 4.98 Å². The number of nitrogen functional groups attached to an aromatic ring is 1. The fourth-order valence-corrected chi connectivity index (χ4v) is 1.50. The molecule has 0 atom stereocenters. The zero-order valence-electron chi connectivity index (χ0n) is 9.67. The molecule has 1 aromatic heterocycles. The second-order valence-corrected chi connectivity index (χ2v) is 3.73. The van der Waals surface area contributed by atoms with E-state index in [9.17, 15) is 4.79 Å². The van der Waals surface area contributed by atoms with Crippen LogP contribution in [0.3, 0.4) is 0 Å². The Balaban J connectivity index is 2.18. The van der Waals surface area contributed by atoms with Gasteiger partial charge in [-0.2, -0.15) is 0 Å². The van der Waals surface area contributed by atoms with Crippen LogP contribution in [0.15, 0.2) is 42.6 Å². The summed E-state index contributed by atoms with van der Waals surface area (Å²) < 4.78 is 5.52. The first kappa shape index (κ1) is 11.9. The molecule has 2 rings (SSSR count). The van der Waals surface area contributed by atoms with Crippen LogP contribution in [-0.2, 0) is 6.61 Å². The third-order valence-electron chi connectivity index (χ3n) is 2.37. The Morgan fingerprint density at radius 1 is 1.28 bits per heavy atom. The number of primary amides is 1. The van der Waals surface area contributed by atoms with Gasteiger partial charge in [-0.25, -0.2) is 0 Å². The van der Waals surface area contributed by atoms with E-state index < -0.39 is 5.91 Å². The summed E-state index contributed by atoms with van der Waals surface area (Å²) in [4.78, 5) is 15.3. The van der Waals surface area contributed by atoms with Gasteiger partial charge in [-0.05, 0) is 24.3 Å².